The Bertz CT molecular complexity index is 1190. The smallest absolute Gasteiger partial charge is 0.164 e. The number of sulfone groups is 1. The Kier molecular flexibility index (Phi) is 4.15. The Hall–Kier alpha value is -2.52. The highest BCUT2D eigenvalue weighted by Crippen LogP contribution is 2.52. The van der Waals surface area contributed by atoms with Gasteiger partial charge in [0.1, 0.15) is 10.6 Å². The van der Waals surface area contributed by atoms with Crippen LogP contribution < -0.4 is 4.90 Å². The molecule has 2 aliphatic rings. The van der Waals surface area contributed by atoms with E-state index in [9.17, 15) is 8.42 Å². The number of ether oxygens (including phenoxy) is 1. The van der Waals surface area contributed by atoms with Crippen molar-refractivity contribution in [1.82, 2.24) is 19.9 Å². The molecule has 0 aromatic carbocycles. The van der Waals surface area contributed by atoms with Gasteiger partial charge in [-0.15, -0.1) is 0 Å². The molecule has 5 rings (SSSR count). The van der Waals surface area contributed by atoms with Crippen LogP contribution in [-0.4, -0.2) is 60.4 Å². The highest BCUT2D eigenvalue weighted by atomic mass is 32.2. The number of H-pyrrole nitrogens is 1. The molecule has 29 heavy (non-hydrogen) atoms. The predicted molar refractivity (Wildman–Crippen MR) is 111 cm³/mol. The highest BCUT2D eigenvalue weighted by Gasteiger charge is 2.55. The van der Waals surface area contributed by atoms with E-state index in [2.05, 4.69) is 21.8 Å². The number of aromatic nitrogens is 4. The monoisotopic (exact) mass is 413 g/mol. The van der Waals surface area contributed by atoms with Crippen molar-refractivity contribution in [2.75, 3.05) is 30.9 Å². The Morgan fingerprint density at radius 3 is 2.83 bits per heavy atom. The fourth-order valence-corrected chi connectivity index (χ4v) is 5.42. The van der Waals surface area contributed by atoms with Gasteiger partial charge in [0.2, 0.25) is 0 Å². The van der Waals surface area contributed by atoms with E-state index in [0.29, 0.717) is 44.1 Å². The minimum atomic E-state index is -3.29. The quantitative estimate of drug-likeness (QED) is 0.700. The molecule has 1 unspecified atom stereocenters. The van der Waals surface area contributed by atoms with E-state index in [0.717, 1.165) is 22.3 Å². The molecule has 1 atom stereocenters. The van der Waals surface area contributed by atoms with Crippen molar-refractivity contribution in [3.05, 3.63) is 36.4 Å². The Morgan fingerprint density at radius 2 is 2.10 bits per heavy atom. The van der Waals surface area contributed by atoms with Crippen LogP contribution >= 0.6 is 0 Å². The maximum atomic E-state index is 12.6. The van der Waals surface area contributed by atoms with Gasteiger partial charge in [-0.05, 0) is 25.8 Å². The lowest BCUT2D eigenvalue weighted by molar-refractivity contribution is 0.0985. The lowest BCUT2D eigenvalue weighted by Gasteiger charge is -2.34. The van der Waals surface area contributed by atoms with Gasteiger partial charge >= 0.3 is 0 Å². The van der Waals surface area contributed by atoms with Crippen LogP contribution in [0, 0.1) is 0 Å². The summed E-state index contributed by atoms with van der Waals surface area (Å²) in [6.07, 6.45) is 7.82. The fourth-order valence-electron chi connectivity index (χ4n) is 4.09. The van der Waals surface area contributed by atoms with Gasteiger partial charge in [0, 0.05) is 42.2 Å². The van der Waals surface area contributed by atoms with Crippen LogP contribution in [0.3, 0.4) is 0 Å². The normalized spacial score (nSPS) is 21.4. The van der Waals surface area contributed by atoms with Gasteiger partial charge < -0.3 is 14.6 Å². The number of fused-ring (bicyclic) bond motifs is 1. The second kappa shape index (κ2) is 6.50. The summed E-state index contributed by atoms with van der Waals surface area (Å²) in [6.45, 7) is 4.01. The number of nitrogens with one attached hydrogen (secondary N) is 1. The van der Waals surface area contributed by atoms with Gasteiger partial charge in [0.25, 0.3) is 0 Å². The van der Waals surface area contributed by atoms with Gasteiger partial charge in [-0.1, -0.05) is 0 Å². The Morgan fingerprint density at radius 1 is 1.28 bits per heavy atom. The molecule has 1 saturated carbocycles. The zero-order valence-corrected chi connectivity index (χ0v) is 17.2. The molecule has 1 aliphatic heterocycles. The zero-order chi connectivity index (χ0) is 20.2. The first kappa shape index (κ1) is 18.5. The average molecular weight is 414 g/mol. The predicted octanol–water partition coefficient (Wildman–Crippen LogP) is 2.28. The molecule has 0 spiro atoms. The summed E-state index contributed by atoms with van der Waals surface area (Å²) in [5.74, 6) is 1.24. The van der Waals surface area contributed by atoms with E-state index in [1.807, 2.05) is 18.3 Å². The summed E-state index contributed by atoms with van der Waals surface area (Å²) in [4.78, 5) is 19.2. The summed E-state index contributed by atoms with van der Waals surface area (Å²) in [5, 5.41) is 0.960. The molecule has 4 heterocycles. The molecule has 0 amide bonds. The number of aromatic amines is 1. The van der Waals surface area contributed by atoms with E-state index < -0.39 is 14.6 Å². The number of hydrogen-bond donors (Lipinski definition) is 1. The third-order valence-corrected chi connectivity index (χ3v) is 8.01. The first-order valence-electron chi connectivity index (χ1n) is 9.74. The van der Waals surface area contributed by atoms with Crippen molar-refractivity contribution in [1.29, 1.82) is 0 Å². The van der Waals surface area contributed by atoms with Crippen molar-refractivity contribution in [3.63, 3.8) is 0 Å². The topological polar surface area (TPSA) is 101 Å². The minimum absolute atomic E-state index is 0.147. The van der Waals surface area contributed by atoms with E-state index >= 15 is 0 Å². The first-order chi connectivity index (χ1) is 13.9. The molecule has 0 bridgehead atoms. The number of anilines is 1. The summed E-state index contributed by atoms with van der Waals surface area (Å²) >= 11 is 0. The lowest BCUT2D eigenvalue weighted by atomic mass is 10.1. The molecule has 0 radical (unpaired) electrons. The molecule has 1 N–H and O–H groups in total. The molecule has 3 aromatic rings. The number of rotatable bonds is 4. The summed E-state index contributed by atoms with van der Waals surface area (Å²) in [7, 11) is -3.29. The van der Waals surface area contributed by atoms with E-state index in [1.165, 1.54) is 6.26 Å². The zero-order valence-electron chi connectivity index (χ0n) is 16.4. The highest BCUT2D eigenvalue weighted by molar-refractivity contribution is 7.91. The third kappa shape index (κ3) is 3.00. The van der Waals surface area contributed by atoms with Crippen LogP contribution in [0.2, 0.25) is 0 Å². The number of nitrogens with zero attached hydrogens (tertiary/aromatic N) is 4. The van der Waals surface area contributed by atoms with Gasteiger partial charge in [-0.3, -0.25) is 4.98 Å². The van der Waals surface area contributed by atoms with Crippen molar-refractivity contribution < 1.29 is 13.2 Å². The van der Waals surface area contributed by atoms with E-state index in [1.54, 1.807) is 12.4 Å². The van der Waals surface area contributed by atoms with Crippen molar-refractivity contribution in [3.8, 4) is 11.4 Å². The van der Waals surface area contributed by atoms with Gasteiger partial charge in [-0.25, -0.2) is 18.4 Å². The molecule has 1 saturated heterocycles. The number of hydrogen-bond acceptors (Lipinski definition) is 7. The number of morpholine rings is 1. The van der Waals surface area contributed by atoms with E-state index in [-0.39, 0.29) is 6.04 Å². The molecule has 3 aromatic heterocycles. The Labute approximate surface area is 169 Å². The largest absolute Gasteiger partial charge is 0.377 e. The van der Waals surface area contributed by atoms with Gasteiger partial charge in [-0.2, -0.15) is 0 Å². The lowest BCUT2D eigenvalue weighted by Crippen LogP contribution is -2.44. The van der Waals surface area contributed by atoms with Crippen molar-refractivity contribution in [2.24, 2.45) is 0 Å². The van der Waals surface area contributed by atoms with Crippen LogP contribution in [0.15, 0.2) is 30.7 Å². The fraction of sp³-hybridized carbons (Fsp3) is 0.450. The minimum Gasteiger partial charge on any atom is -0.377 e. The standard InChI is InChI=1S/C20H23N5O3S/c1-13-12-28-8-7-25(13)18-9-17(20(4-5-20)29(2,26)27)23-19(24-18)15-10-21-11-16-14(15)3-6-22-16/h3,6,9-11,13,22H,4-5,7-8,12H2,1-2H3. The second-order valence-electron chi connectivity index (χ2n) is 7.94. The van der Waals surface area contributed by atoms with Gasteiger partial charge in [0.15, 0.2) is 15.7 Å². The van der Waals surface area contributed by atoms with E-state index in [4.69, 9.17) is 14.7 Å². The summed E-state index contributed by atoms with van der Waals surface area (Å²) in [6, 6.07) is 3.96. The van der Waals surface area contributed by atoms with Crippen LogP contribution in [0.1, 0.15) is 25.5 Å². The van der Waals surface area contributed by atoms with Gasteiger partial charge in [0.05, 0.1) is 36.7 Å². The summed E-state index contributed by atoms with van der Waals surface area (Å²) < 4.78 is 29.8. The molecular formula is C20H23N5O3S. The average Bonchev–Trinajstić information content (AvgIpc) is 3.39. The van der Waals surface area contributed by atoms with Crippen molar-refractivity contribution in [2.45, 2.75) is 30.6 Å². The summed E-state index contributed by atoms with van der Waals surface area (Å²) in [5.41, 5.74) is 2.25. The van der Waals surface area contributed by atoms with Crippen molar-refractivity contribution >= 4 is 26.6 Å². The molecular weight excluding hydrogens is 390 g/mol. The SMILES string of the molecule is CC1COCCN1c1cc(C2(S(C)(=O)=O)CC2)nc(-c2cncc3[nH]ccc23)n1. The Balaban J connectivity index is 1.72. The molecule has 8 nitrogen and oxygen atoms in total. The number of pyridine rings is 1. The third-order valence-electron chi connectivity index (χ3n) is 5.97. The molecule has 152 valence electrons. The van der Waals surface area contributed by atoms with Crippen LogP contribution in [-0.2, 0) is 19.3 Å². The first-order valence-corrected chi connectivity index (χ1v) is 11.6. The maximum absolute atomic E-state index is 12.6. The van der Waals surface area contributed by atoms with Crippen LogP contribution in [0.4, 0.5) is 5.82 Å². The molecule has 9 heteroatoms. The molecule has 1 aliphatic carbocycles. The van der Waals surface area contributed by atoms with Crippen LogP contribution in [0.25, 0.3) is 22.3 Å². The molecule has 2 fully saturated rings. The maximum Gasteiger partial charge on any atom is 0.164 e. The second-order valence-corrected chi connectivity index (χ2v) is 10.3. The van der Waals surface area contributed by atoms with Crippen LogP contribution in [0.5, 0.6) is 0 Å².